The van der Waals surface area contributed by atoms with Gasteiger partial charge in [0.2, 0.25) is 0 Å². The first-order chi connectivity index (χ1) is 13.6. The van der Waals surface area contributed by atoms with Gasteiger partial charge in [-0.1, -0.05) is 76.8 Å². The molecule has 2 atom stereocenters. The Kier molecular flexibility index (Phi) is 5.96. The van der Waals surface area contributed by atoms with E-state index in [9.17, 15) is 0 Å². The Labute approximate surface area is 179 Å². The van der Waals surface area contributed by atoms with Gasteiger partial charge < -0.3 is 10.5 Å². The number of nitrogens with zero attached hydrogens (tertiary/aromatic N) is 3. The van der Waals surface area contributed by atoms with Gasteiger partial charge in [-0.3, -0.25) is 5.43 Å². The van der Waals surface area contributed by atoms with Crippen molar-refractivity contribution in [3.63, 3.8) is 0 Å². The number of hydrazone groups is 1. The van der Waals surface area contributed by atoms with Crippen LogP contribution >= 0.6 is 46.5 Å². The molecule has 4 rings (SSSR count). The zero-order valence-electron chi connectivity index (χ0n) is 14.7. The third-order valence-electron chi connectivity index (χ3n) is 4.03. The number of amidine groups is 1. The molecule has 144 valence electrons. The fourth-order valence-corrected chi connectivity index (χ4v) is 6.56. The molecule has 0 radical (unpaired) electrons. The molecular weight excluding hydrogens is 434 g/mol. The first-order valence-electron chi connectivity index (χ1n) is 8.28. The minimum atomic E-state index is -0.0270. The zero-order valence-corrected chi connectivity index (χ0v) is 17.9. The first-order valence-corrected chi connectivity index (χ1v) is 11.2. The highest BCUT2D eigenvalue weighted by Crippen LogP contribution is 2.43. The molecule has 1 aliphatic heterocycles. The van der Waals surface area contributed by atoms with Crippen molar-refractivity contribution in [2.75, 3.05) is 7.11 Å². The number of rotatable bonds is 5. The van der Waals surface area contributed by atoms with Crippen LogP contribution in [0.1, 0.15) is 11.6 Å². The summed E-state index contributed by atoms with van der Waals surface area (Å²) in [5.41, 5.74) is 11.1. The third-order valence-corrected chi connectivity index (χ3v) is 7.85. The minimum absolute atomic E-state index is 0.0270. The van der Waals surface area contributed by atoms with Crippen molar-refractivity contribution in [2.24, 2.45) is 10.8 Å². The summed E-state index contributed by atoms with van der Waals surface area (Å²) in [6.07, 6.45) is 0. The van der Waals surface area contributed by atoms with Gasteiger partial charge in [-0.2, -0.15) is 5.10 Å². The van der Waals surface area contributed by atoms with Crippen LogP contribution in [-0.4, -0.2) is 27.1 Å². The first kappa shape index (κ1) is 19.4. The lowest BCUT2D eigenvalue weighted by atomic mass is 10.1. The highest BCUT2D eigenvalue weighted by atomic mass is 35.5. The Morgan fingerprint density at radius 1 is 1.14 bits per heavy atom. The lowest BCUT2D eigenvalue weighted by molar-refractivity contribution is 0.414. The molecule has 0 saturated heterocycles. The van der Waals surface area contributed by atoms with Gasteiger partial charge in [-0.15, -0.1) is 10.2 Å². The Balaban J connectivity index is 1.56. The molecule has 1 aliphatic rings. The number of halogens is 1. The van der Waals surface area contributed by atoms with Crippen LogP contribution in [0.5, 0.6) is 5.75 Å². The van der Waals surface area contributed by atoms with Crippen LogP contribution in [0.4, 0.5) is 0 Å². The average molecular weight is 450 g/mol. The van der Waals surface area contributed by atoms with Crippen LogP contribution in [-0.2, 0) is 0 Å². The molecule has 0 bridgehead atoms. The van der Waals surface area contributed by atoms with E-state index in [-0.39, 0.29) is 10.6 Å². The largest absolute Gasteiger partial charge is 0.497 e. The summed E-state index contributed by atoms with van der Waals surface area (Å²) >= 11 is 10.9. The smallest absolute Gasteiger partial charge is 0.178 e. The van der Waals surface area contributed by atoms with Crippen molar-refractivity contribution in [2.45, 2.75) is 15.0 Å². The second-order valence-electron chi connectivity index (χ2n) is 5.79. The highest BCUT2D eigenvalue weighted by Gasteiger charge is 2.30. The molecule has 1 aromatic heterocycles. The molecule has 2 aromatic carbocycles. The number of benzene rings is 2. The maximum absolute atomic E-state index is 6.28. The third kappa shape index (κ3) is 4.22. The molecule has 0 amide bonds. The quantitative estimate of drug-likeness (QED) is 0.589. The summed E-state index contributed by atoms with van der Waals surface area (Å²) < 4.78 is 6.15. The van der Waals surface area contributed by atoms with Crippen molar-refractivity contribution >= 4 is 51.6 Å². The van der Waals surface area contributed by atoms with Crippen LogP contribution in [0, 0.1) is 0 Å². The van der Waals surface area contributed by atoms with E-state index in [1.165, 1.54) is 23.1 Å². The maximum Gasteiger partial charge on any atom is 0.178 e. The van der Waals surface area contributed by atoms with Crippen molar-refractivity contribution in [1.82, 2.24) is 15.6 Å². The van der Waals surface area contributed by atoms with Crippen molar-refractivity contribution in [1.29, 1.82) is 0 Å². The predicted molar refractivity (Wildman–Crippen MR) is 118 cm³/mol. The highest BCUT2D eigenvalue weighted by molar-refractivity contribution is 8.25. The summed E-state index contributed by atoms with van der Waals surface area (Å²) in [5, 5.41) is 14.8. The van der Waals surface area contributed by atoms with Crippen LogP contribution in [0.2, 0.25) is 5.02 Å². The van der Waals surface area contributed by atoms with E-state index in [0.29, 0.717) is 10.2 Å². The number of nitrogens with two attached hydrogens (primary N) is 1. The van der Waals surface area contributed by atoms with Crippen LogP contribution < -0.4 is 15.9 Å². The molecule has 0 spiro atoms. The summed E-state index contributed by atoms with van der Waals surface area (Å²) in [4.78, 5) is 0. The van der Waals surface area contributed by atoms with E-state index in [0.717, 1.165) is 26.2 Å². The molecule has 0 saturated carbocycles. The fraction of sp³-hybridized carbons (Fsp3) is 0.167. The lowest BCUT2D eigenvalue weighted by Crippen LogP contribution is -2.33. The van der Waals surface area contributed by atoms with Gasteiger partial charge in [0.25, 0.3) is 0 Å². The topological polar surface area (TPSA) is 85.4 Å². The maximum atomic E-state index is 6.28. The second kappa shape index (κ2) is 8.60. The molecule has 0 unspecified atom stereocenters. The Hall–Kier alpha value is -1.94. The number of nitrogens with one attached hydrogen (secondary N) is 1. The Morgan fingerprint density at radius 3 is 2.68 bits per heavy atom. The summed E-state index contributed by atoms with van der Waals surface area (Å²) in [7, 11) is 1.65. The van der Waals surface area contributed by atoms with Crippen LogP contribution in [0.15, 0.2) is 58.0 Å². The van der Waals surface area contributed by atoms with Gasteiger partial charge in [0.15, 0.2) is 9.51 Å². The summed E-state index contributed by atoms with van der Waals surface area (Å²) in [6.45, 7) is 0. The van der Waals surface area contributed by atoms with E-state index >= 15 is 0 Å². The summed E-state index contributed by atoms with van der Waals surface area (Å²) in [5.74, 6) is 0.813. The van der Waals surface area contributed by atoms with Crippen molar-refractivity contribution in [3.05, 3.63) is 59.1 Å². The SMILES string of the molecule is COc1ccc([C@@H]2NN=C(N)S[C@@H]2Sc2nnc(-c3ccccc3Cl)s2)cc1. The van der Waals surface area contributed by atoms with E-state index < -0.39 is 0 Å². The predicted octanol–water partition coefficient (Wildman–Crippen LogP) is 4.59. The molecule has 28 heavy (non-hydrogen) atoms. The van der Waals surface area contributed by atoms with E-state index in [1.807, 2.05) is 48.5 Å². The number of methoxy groups -OCH3 is 1. The Morgan fingerprint density at radius 2 is 1.93 bits per heavy atom. The number of hydrogen-bond donors (Lipinski definition) is 2. The molecule has 6 nitrogen and oxygen atoms in total. The zero-order chi connectivity index (χ0) is 19.5. The number of thioether (sulfide) groups is 2. The lowest BCUT2D eigenvalue weighted by Gasteiger charge is -2.29. The monoisotopic (exact) mass is 449 g/mol. The molecule has 3 N–H and O–H groups in total. The molecule has 10 heteroatoms. The summed E-state index contributed by atoms with van der Waals surface area (Å²) in [6, 6.07) is 15.5. The van der Waals surface area contributed by atoms with Gasteiger partial charge in [-0.05, 0) is 23.8 Å². The number of ether oxygens (including phenoxy) is 1. The minimum Gasteiger partial charge on any atom is -0.497 e. The normalized spacial score (nSPS) is 19.0. The van der Waals surface area contributed by atoms with E-state index in [4.69, 9.17) is 22.1 Å². The van der Waals surface area contributed by atoms with Gasteiger partial charge in [0, 0.05) is 5.56 Å². The molecule has 3 aromatic rings. The van der Waals surface area contributed by atoms with Gasteiger partial charge in [0.05, 0.1) is 22.8 Å². The van der Waals surface area contributed by atoms with Crippen LogP contribution in [0.3, 0.4) is 0 Å². The van der Waals surface area contributed by atoms with Gasteiger partial charge in [0.1, 0.15) is 10.8 Å². The Bertz CT molecular complexity index is 995. The molecule has 0 fully saturated rings. The van der Waals surface area contributed by atoms with E-state index in [2.05, 4.69) is 20.7 Å². The number of hydrogen-bond acceptors (Lipinski definition) is 9. The van der Waals surface area contributed by atoms with Crippen LogP contribution in [0.25, 0.3) is 10.6 Å². The molecule has 2 heterocycles. The van der Waals surface area contributed by atoms with Crippen molar-refractivity contribution in [3.8, 4) is 16.3 Å². The van der Waals surface area contributed by atoms with Crippen molar-refractivity contribution < 1.29 is 4.74 Å². The van der Waals surface area contributed by atoms with Gasteiger partial charge in [-0.25, -0.2) is 0 Å². The molecule has 0 aliphatic carbocycles. The number of aromatic nitrogens is 2. The average Bonchev–Trinajstić information content (AvgIpc) is 3.17. The standard InChI is InChI=1S/C18H16ClN5OS3/c1-25-11-8-6-10(7-9-11)14-16(27-17(20)23-21-14)28-18-24-22-15(26-18)12-4-2-3-5-13(12)19/h2-9,14,16,21H,1H3,(H2,20,23)/t14-,16+/m0/s1. The van der Waals surface area contributed by atoms with E-state index in [1.54, 1.807) is 18.9 Å². The second-order valence-corrected chi connectivity index (χ2v) is 10.0. The van der Waals surface area contributed by atoms with Gasteiger partial charge >= 0.3 is 0 Å². The fourth-order valence-electron chi connectivity index (χ4n) is 2.64. The molecular formula is C18H16ClN5OS3.